The Morgan fingerprint density at radius 2 is 1.97 bits per heavy atom. The third-order valence-corrected chi connectivity index (χ3v) is 9.17. The molecule has 3 aliphatic rings. The van der Waals surface area contributed by atoms with E-state index >= 15 is 0 Å². The predicted octanol–water partition coefficient (Wildman–Crippen LogP) is 4.26. The summed E-state index contributed by atoms with van der Waals surface area (Å²) in [5, 5.41) is 11.5. The highest BCUT2D eigenvalue weighted by Gasteiger charge is 2.52. The summed E-state index contributed by atoms with van der Waals surface area (Å²) in [6.45, 7) is 5.97. The van der Waals surface area contributed by atoms with Gasteiger partial charge in [-0.15, -0.1) is 11.3 Å². The number of para-hydroxylation sites is 1. The molecule has 0 radical (unpaired) electrons. The van der Waals surface area contributed by atoms with Crippen molar-refractivity contribution in [3.05, 3.63) is 47.9 Å². The van der Waals surface area contributed by atoms with Crippen LogP contribution in [0.25, 0.3) is 21.1 Å². The lowest BCUT2D eigenvalue weighted by Gasteiger charge is -2.58. The summed E-state index contributed by atoms with van der Waals surface area (Å²) in [4.78, 5) is 37.2. The van der Waals surface area contributed by atoms with E-state index in [0.29, 0.717) is 35.6 Å². The first kappa shape index (κ1) is 24.9. The fraction of sp³-hybridized carbons (Fsp3) is 0.464. The molecule has 0 bridgehead atoms. The molecule has 3 aromatic heterocycles. The van der Waals surface area contributed by atoms with Gasteiger partial charge >= 0.3 is 11.8 Å². The molecule has 2 saturated heterocycles. The van der Waals surface area contributed by atoms with Crippen LogP contribution in [-0.4, -0.2) is 75.0 Å². The van der Waals surface area contributed by atoms with Crippen LogP contribution in [0.2, 0.25) is 0 Å². The topological polar surface area (TPSA) is 107 Å². The van der Waals surface area contributed by atoms with Gasteiger partial charge in [-0.05, 0) is 56.2 Å². The molecular weight excluding hydrogens is 498 g/mol. The summed E-state index contributed by atoms with van der Waals surface area (Å²) in [6, 6.07) is 8.49. The summed E-state index contributed by atoms with van der Waals surface area (Å²) in [5.74, 6) is 0.0559. The molecule has 5 heterocycles. The van der Waals surface area contributed by atoms with E-state index in [0.717, 1.165) is 24.1 Å². The zero-order chi connectivity index (χ0) is 26.3. The maximum Gasteiger partial charge on any atom is 0.314 e. The monoisotopic (exact) mass is 531 g/mol. The molecular formula is C28H33N7O2S. The molecule has 2 aliphatic heterocycles. The Morgan fingerprint density at radius 1 is 1.16 bits per heavy atom. The number of hydrogen-bond acceptors (Lipinski definition) is 7. The molecule has 9 nitrogen and oxygen atoms in total. The molecule has 198 valence electrons. The number of amides is 2. The predicted molar refractivity (Wildman–Crippen MR) is 149 cm³/mol. The van der Waals surface area contributed by atoms with E-state index < -0.39 is 11.8 Å². The molecule has 1 saturated carbocycles. The van der Waals surface area contributed by atoms with Crippen molar-refractivity contribution in [2.24, 2.45) is 11.3 Å². The maximum atomic E-state index is 12.2. The zero-order valence-corrected chi connectivity index (χ0v) is 22.6. The van der Waals surface area contributed by atoms with Crippen molar-refractivity contribution in [2.75, 3.05) is 38.5 Å². The lowest BCUT2D eigenvalue weighted by atomic mass is 9.58. The quantitative estimate of drug-likeness (QED) is 0.374. The number of likely N-dealkylation sites (tertiary alicyclic amines) is 2. The number of fused-ring (bicyclic) bond motifs is 2. The highest BCUT2D eigenvalue weighted by atomic mass is 32.1. The molecule has 38 heavy (non-hydrogen) atoms. The number of pyridine rings is 1. The van der Waals surface area contributed by atoms with E-state index in [1.54, 1.807) is 17.3 Å². The number of aromatic nitrogens is 4. The number of thiazole rings is 1. The van der Waals surface area contributed by atoms with Crippen LogP contribution in [0.5, 0.6) is 0 Å². The van der Waals surface area contributed by atoms with Gasteiger partial charge in [0.05, 0.1) is 38.8 Å². The number of aromatic amines is 1. The Bertz CT molecular complexity index is 1430. The molecule has 1 unspecified atom stereocenters. The molecule has 1 aromatic carbocycles. The zero-order valence-electron chi connectivity index (χ0n) is 21.8. The standard InChI is InChI=1S/C14H17N5O2.C14H16N2S/c1-9-3-2-4-19(8-9)14(21)13(20)17-11-7-15-5-10-6-16-18-12(10)11;1-16-8-14(9-16)6-10(7-14)13-15-11-4-2-3-5-12(11)17-13/h5-7,9H,2-4,8H2,1H3,(H,16,18)(H,17,20);2-5,10H,6-9H2,1H3. The van der Waals surface area contributed by atoms with Crippen molar-refractivity contribution in [1.82, 2.24) is 30.0 Å². The van der Waals surface area contributed by atoms with Crippen molar-refractivity contribution in [2.45, 2.75) is 38.5 Å². The minimum Gasteiger partial charge on any atom is -0.334 e. The third-order valence-electron chi connectivity index (χ3n) is 7.97. The highest BCUT2D eigenvalue weighted by molar-refractivity contribution is 7.18. The summed E-state index contributed by atoms with van der Waals surface area (Å²) in [7, 11) is 2.22. The van der Waals surface area contributed by atoms with E-state index in [1.165, 1.54) is 47.4 Å². The van der Waals surface area contributed by atoms with Crippen molar-refractivity contribution in [3.63, 3.8) is 0 Å². The number of rotatable bonds is 2. The molecule has 1 atom stereocenters. The largest absolute Gasteiger partial charge is 0.334 e. The van der Waals surface area contributed by atoms with Gasteiger partial charge in [0, 0.05) is 43.7 Å². The highest BCUT2D eigenvalue weighted by Crippen LogP contribution is 2.56. The summed E-state index contributed by atoms with van der Waals surface area (Å²) < 4.78 is 1.34. The second kappa shape index (κ2) is 10.1. The first-order chi connectivity index (χ1) is 18.4. The van der Waals surface area contributed by atoms with Crippen LogP contribution in [0.3, 0.4) is 0 Å². The summed E-state index contributed by atoms with van der Waals surface area (Å²) in [5.41, 5.74) is 2.97. The van der Waals surface area contributed by atoms with Crippen LogP contribution >= 0.6 is 11.3 Å². The normalized spacial score (nSPS) is 21.0. The first-order valence-electron chi connectivity index (χ1n) is 13.3. The van der Waals surface area contributed by atoms with Gasteiger partial charge in [-0.3, -0.25) is 19.7 Å². The second-order valence-corrected chi connectivity index (χ2v) is 12.3. The van der Waals surface area contributed by atoms with E-state index in [1.807, 2.05) is 11.3 Å². The molecule has 10 heteroatoms. The second-order valence-electron chi connectivity index (χ2n) is 11.3. The van der Waals surface area contributed by atoms with E-state index in [2.05, 4.69) is 63.6 Å². The Morgan fingerprint density at radius 3 is 2.74 bits per heavy atom. The molecule has 2 amide bonds. The minimum absolute atomic E-state index is 0.438. The van der Waals surface area contributed by atoms with Crippen LogP contribution in [0.4, 0.5) is 5.69 Å². The number of carbonyl (C=O) groups is 2. The van der Waals surface area contributed by atoms with Gasteiger partial charge in [0.1, 0.15) is 0 Å². The Labute approximate surface area is 225 Å². The van der Waals surface area contributed by atoms with Gasteiger partial charge in [0.2, 0.25) is 0 Å². The van der Waals surface area contributed by atoms with Crippen molar-refractivity contribution in [3.8, 4) is 0 Å². The minimum atomic E-state index is -0.631. The summed E-state index contributed by atoms with van der Waals surface area (Å²) in [6.07, 6.45) is 9.52. The molecule has 2 N–H and O–H groups in total. The SMILES string of the molecule is CC1CCCN(C(=O)C(=O)Nc2cncc3cn[nH]c23)C1.CN1CC2(CC(c3nc4ccccc4s3)C2)C1. The van der Waals surface area contributed by atoms with Crippen molar-refractivity contribution >= 4 is 50.0 Å². The fourth-order valence-electron chi connectivity index (χ4n) is 6.24. The van der Waals surface area contributed by atoms with Gasteiger partial charge in [-0.2, -0.15) is 5.10 Å². The lowest BCUT2D eigenvalue weighted by Crippen LogP contribution is -2.59. The first-order valence-corrected chi connectivity index (χ1v) is 14.1. The van der Waals surface area contributed by atoms with Crippen LogP contribution in [0, 0.1) is 11.3 Å². The van der Waals surface area contributed by atoms with E-state index in [-0.39, 0.29) is 0 Å². The molecule has 1 aliphatic carbocycles. The number of nitrogens with one attached hydrogen (secondary N) is 2. The van der Waals surface area contributed by atoms with Crippen LogP contribution in [-0.2, 0) is 9.59 Å². The number of hydrogen-bond donors (Lipinski definition) is 2. The van der Waals surface area contributed by atoms with Gasteiger partial charge in [-0.1, -0.05) is 19.1 Å². The Balaban J connectivity index is 0.000000142. The number of nitrogens with zero attached hydrogens (tertiary/aromatic N) is 5. The number of benzene rings is 1. The van der Waals surface area contributed by atoms with Crippen molar-refractivity contribution < 1.29 is 9.59 Å². The number of H-pyrrole nitrogens is 1. The number of carbonyl (C=O) groups excluding carboxylic acids is 2. The molecule has 7 rings (SSSR count). The van der Waals surface area contributed by atoms with E-state index in [9.17, 15) is 9.59 Å². The Kier molecular flexibility index (Phi) is 6.61. The van der Waals surface area contributed by atoms with E-state index in [4.69, 9.17) is 4.98 Å². The van der Waals surface area contributed by atoms with Gasteiger partial charge in [0.15, 0.2) is 0 Å². The molecule has 4 aromatic rings. The smallest absolute Gasteiger partial charge is 0.314 e. The van der Waals surface area contributed by atoms with Gasteiger partial charge in [0.25, 0.3) is 0 Å². The van der Waals surface area contributed by atoms with Crippen LogP contribution < -0.4 is 5.32 Å². The van der Waals surface area contributed by atoms with Crippen molar-refractivity contribution in [1.29, 1.82) is 0 Å². The van der Waals surface area contributed by atoms with Crippen LogP contribution in [0.1, 0.15) is 43.5 Å². The van der Waals surface area contributed by atoms with Crippen LogP contribution in [0.15, 0.2) is 42.9 Å². The average molecular weight is 532 g/mol. The average Bonchev–Trinajstić information content (AvgIpc) is 3.53. The number of anilines is 1. The fourth-order valence-corrected chi connectivity index (χ4v) is 7.30. The lowest BCUT2D eigenvalue weighted by molar-refractivity contribution is -0.144. The Hall–Kier alpha value is -3.37. The molecule has 1 spiro atoms. The third kappa shape index (κ3) is 4.90. The van der Waals surface area contributed by atoms with Gasteiger partial charge in [-0.25, -0.2) is 4.98 Å². The number of piperidine rings is 1. The maximum absolute atomic E-state index is 12.2. The molecule has 3 fully saturated rings. The van der Waals surface area contributed by atoms with Gasteiger partial charge < -0.3 is 15.1 Å². The summed E-state index contributed by atoms with van der Waals surface area (Å²) >= 11 is 1.89.